The van der Waals surface area contributed by atoms with Gasteiger partial charge in [0.15, 0.2) is 0 Å². The molecule has 0 saturated carbocycles. The molecule has 0 radical (unpaired) electrons. The van der Waals surface area contributed by atoms with Crippen LogP contribution in [0.2, 0.25) is 0 Å². The maximum atomic E-state index is 13.4. The Morgan fingerprint density at radius 3 is 2.33 bits per heavy atom. The van der Waals surface area contributed by atoms with E-state index >= 15 is 0 Å². The number of pyridine rings is 1. The lowest BCUT2D eigenvalue weighted by atomic mass is 10.0. The summed E-state index contributed by atoms with van der Waals surface area (Å²) in [6.07, 6.45) is 5.10. The van der Waals surface area contributed by atoms with Crippen molar-refractivity contribution >= 4 is 28.2 Å². The Morgan fingerprint density at radius 2 is 1.70 bits per heavy atom. The Labute approximate surface area is 236 Å². The SMILES string of the molecule is CS(=O)c1ccc(Oc2ccc(CN3CCC(N(C(=O)Nc4ccc(F)cc4)c4ccccc4)CC3)cn2)cc1. The number of ether oxygens (including phenoxy) is 1. The molecule has 206 valence electrons. The van der Waals surface area contributed by atoms with E-state index in [0.29, 0.717) is 17.3 Å². The van der Waals surface area contributed by atoms with Crippen LogP contribution in [0.25, 0.3) is 0 Å². The molecule has 1 unspecified atom stereocenters. The van der Waals surface area contributed by atoms with E-state index in [9.17, 15) is 13.4 Å². The predicted molar refractivity (Wildman–Crippen MR) is 156 cm³/mol. The molecule has 4 aromatic rings. The number of likely N-dealkylation sites (tertiary alicyclic amines) is 1. The van der Waals surface area contributed by atoms with Crippen molar-refractivity contribution in [2.45, 2.75) is 30.3 Å². The van der Waals surface area contributed by atoms with Crippen LogP contribution in [0.15, 0.2) is 102 Å². The van der Waals surface area contributed by atoms with Crippen molar-refractivity contribution in [2.24, 2.45) is 0 Å². The van der Waals surface area contributed by atoms with Gasteiger partial charge < -0.3 is 10.1 Å². The summed E-state index contributed by atoms with van der Waals surface area (Å²) in [6, 6.07) is 26.3. The highest BCUT2D eigenvalue weighted by Gasteiger charge is 2.29. The van der Waals surface area contributed by atoms with Crippen molar-refractivity contribution in [3.63, 3.8) is 0 Å². The van der Waals surface area contributed by atoms with Gasteiger partial charge in [-0.3, -0.25) is 14.0 Å². The molecule has 5 rings (SSSR count). The number of carbonyl (C=O) groups is 1. The second-order valence-electron chi connectivity index (χ2n) is 9.68. The molecule has 0 bridgehead atoms. The number of hydrogen-bond acceptors (Lipinski definition) is 5. The summed E-state index contributed by atoms with van der Waals surface area (Å²) in [6.45, 7) is 2.42. The van der Waals surface area contributed by atoms with Crippen LogP contribution in [0.5, 0.6) is 11.6 Å². The van der Waals surface area contributed by atoms with Crippen molar-refractivity contribution < 1.29 is 18.1 Å². The van der Waals surface area contributed by atoms with Crippen LogP contribution < -0.4 is 15.0 Å². The fourth-order valence-corrected chi connectivity index (χ4v) is 5.30. The Bertz CT molecular complexity index is 1430. The Balaban J connectivity index is 1.18. The number of carbonyl (C=O) groups excluding carboxylic acids is 1. The van der Waals surface area contributed by atoms with Crippen LogP contribution in [-0.4, -0.2) is 45.5 Å². The fraction of sp³-hybridized carbons (Fsp3) is 0.226. The first-order valence-corrected chi connectivity index (χ1v) is 14.7. The van der Waals surface area contributed by atoms with E-state index in [1.807, 2.05) is 53.6 Å². The minimum absolute atomic E-state index is 0.0320. The zero-order valence-electron chi connectivity index (χ0n) is 22.2. The van der Waals surface area contributed by atoms with Crippen LogP contribution in [-0.2, 0) is 17.3 Å². The average molecular weight is 559 g/mol. The molecule has 9 heteroatoms. The molecule has 1 N–H and O–H groups in total. The predicted octanol–water partition coefficient (Wildman–Crippen LogP) is 6.45. The van der Waals surface area contributed by atoms with Crippen LogP contribution in [0, 0.1) is 5.82 Å². The quantitative estimate of drug-likeness (QED) is 0.269. The number of urea groups is 1. The van der Waals surface area contributed by atoms with E-state index in [4.69, 9.17) is 4.74 Å². The molecule has 2 heterocycles. The normalized spacial score (nSPS) is 14.8. The van der Waals surface area contributed by atoms with E-state index in [1.54, 1.807) is 42.7 Å². The lowest BCUT2D eigenvalue weighted by molar-refractivity contribution is 0.199. The molecule has 3 aromatic carbocycles. The van der Waals surface area contributed by atoms with Crippen molar-refractivity contribution in [1.29, 1.82) is 0 Å². The molecular formula is C31H31FN4O3S. The minimum atomic E-state index is -1.03. The lowest BCUT2D eigenvalue weighted by Gasteiger charge is -2.38. The summed E-state index contributed by atoms with van der Waals surface area (Å²) < 4.78 is 30.7. The van der Waals surface area contributed by atoms with Crippen molar-refractivity contribution in [1.82, 2.24) is 9.88 Å². The number of aromatic nitrogens is 1. The molecule has 1 fully saturated rings. The standard InChI is InChI=1S/C31H31FN4O3S/c1-40(38)29-14-12-28(13-15-29)39-30-16-7-23(21-33-30)22-35-19-17-27(18-20-35)36(26-5-3-2-4-6-26)31(37)34-25-10-8-24(32)9-11-25/h2-16,21,27H,17-20,22H2,1H3,(H,34,37). The zero-order valence-corrected chi connectivity index (χ0v) is 23.0. The van der Waals surface area contributed by atoms with Gasteiger partial charge in [-0.25, -0.2) is 14.2 Å². The number of halogens is 1. The number of piperidine rings is 1. The molecule has 1 aliphatic heterocycles. The maximum absolute atomic E-state index is 13.4. The Morgan fingerprint density at radius 1 is 1.00 bits per heavy atom. The lowest BCUT2D eigenvalue weighted by Crippen LogP contribution is -2.49. The average Bonchev–Trinajstić information content (AvgIpc) is 2.97. The molecule has 40 heavy (non-hydrogen) atoms. The van der Waals surface area contributed by atoms with Gasteiger partial charge in [0, 0.05) is 71.3 Å². The van der Waals surface area contributed by atoms with Crippen LogP contribution in [0.4, 0.5) is 20.6 Å². The summed E-state index contributed by atoms with van der Waals surface area (Å²) in [5.74, 6) is 0.797. The summed E-state index contributed by atoms with van der Waals surface area (Å²) in [7, 11) is -1.03. The van der Waals surface area contributed by atoms with Crippen LogP contribution in [0.1, 0.15) is 18.4 Å². The first-order valence-electron chi connectivity index (χ1n) is 13.1. The van der Waals surface area contributed by atoms with Gasteiger partial charge in [-0.2, -0.15) is 0 Å². The number of amides is 2. The van der Waals surface area contributed by atoms with Crippen molar-refractivity contribution in [2.75, 3.05) is 29.6 Å². The molecule has 1 aromatic heterocycles. The van der Waals surface area contributed by atoms with E-state index in [1.165, 1.54) is 12.1 Å². The third kappa shape index (κ3) is 7.11. The second-order valence-corrected chi connectivity index (χ2v) is 11.1. The molecular weight excluding hydrogens is 527 g/mol. The van der Waals surface area contributed by atoms with Gasteiger partial charge in [-0.1, -0.05) is 24.3 Å². The number of hydrogen-bond donors (Lipinski definition) is 1. The zero-order chi connectivity index (χ0) is 27.9. The first-order chi connectivity index (χ1) is 19.4. The smallest absolute Gasteiger partial charge is 0.326 e. The first kappa shape index (κ1) is 27.5. The van der Waals surface area contributed by atoms with Gasteiger partial charge in [0.1, 0.15) is 11.6 Å². The van der Waals surface area contributed by atoms with Crippen LogP contribution in [0.3, 0.4) is 0 Å². The third-order valence-corrected chi connectivity index (χ3v) is 7.79. The van der Waals surface area contributed by atoms with Gasteiger partial charge in [-0.15, -0.1) is 0 Å². The summed E-state index contributed by atoms with van der Waals surface area (Å²) >= 11 is 0. The Hall–Kier alpha value is -4.08. The summed E-state index contributed by atoms with van der Waals surface area (Å²) in [5, 5.41) is 2.92. The molecule has 0 spiro atoms. The van der Waals surface area contributed by atoms with Crippen LogP contribution >= 0.6 is 0 Å². The second kappa shape index (κ2) is 12.8. The molecule has 2 amide bonds. The fourth-order valence-electron chi connectivity index (χ4n) is 4.78. The number of para-hydroxylation sites is 1. The topological polar surface area (TPSA) is 74.8 Å². The van der Waals surface area contributed by atoms with E-state index < -0.39 is 10.8 Å². The third-order valence-electron chi connectivity index (χ3n) is 6.85. The molecule has 0 aliphatic carbocycles. The number of benzene rings is 3. The van der Waals surface area contributed by atoms with E-state index in [-0.39, 0.29) is 17.9 Å². The van der Waals surface area contributed by atoms with Gasteiger partial charge in [-0.05, 0) is 79.1 Å². The minimum Gasteiger partial charge on any atom is -0.439 e. The number of nitrogens with zero attached hydrogens (tertiary/aromatic N) is 3. The summed E-state index contributed by atoms with van der Waals surface area (Å²) in [5.41, 5.74) is 2.47. The monoisotopic (exact) mass is 558 g/mol. The number of rotatable bonds is 8. The van der Waals surface area contributed by atoms with E-state index in [2.05, 4.69) is 15.2 Å². The van der Waals surface area contributed by atoms with Gasteiger partial charge in [0.2, 0.25) is 5.88 Å². The highest BCUT2D eigenvalue weighted by Crippen LogP contribution is 2.26. The molecule has 7 nitrogen and oxygen atoms in total. The van der Waals surface area contributed by atoms with Crippen molar-refractivity contribution in [3.05, 3.63) is 109 Å². The van der Waals surface area contributed by atoms with E-state index in [0.717, 1.165) is 48.6 Å². The highest BCUT2D eigenvalue weighted by molar-refractivity contribution is 7.84. The van der Waals surface area contributed by atoms with Gasteiger partial charge in [0.25, 0.3) is 0 Å². The maximum Gasteiger partial charge on any atom is 0.326 e. The number of nitrogens with one attached hydrogen (secondary N) is 1. The molecule has 1 aliphatic rings. The molecule has 1 atom stereocenters. The summed E-state index contributed by atoms with van der Waals surface area (Å²) in [4.78, 5) is 22.7. The van der Waals surface area contributed by atoms with Crippen molar-refractivity contribution in [3.8, 4) is 11.6 Å². The Kier molecular flexibility index (Phi) is 8.83. The van der Waals surface area contributed by atoms with Gasteiger partial charge >= 0.3 is 6.03 Å². The highest BCUT2D eigenvalue weighted by atomic mass is 32.2. The molecule has 1 saturated heterocycles. The van der Waals surface area contributed by atoms with Gasteiger partial charge in [0.05, 0.1) is 0 Å². The largest absolute Gasteiger partial charge is 0.439 e. The number of anilines is 2.